The topological polar surface area (TPSA) is 35.5 Å². The Bertz CT molecular complexity index is 593. The summed E-state index contributed by atoms with van der Waals surface area (Å²) in [5.74, 6) is -0.425. The Morgan fingerprint density at radius 1 is 1.00 bits per heavy atom. The van der Waals surface area contributed by atoms with Crippen LogP contribution in [0.25, 0.3) is 0 Å². The SMILES string of the molecule is C=CC(=O)OCCOCc1ccc(Sc2ccccc2)cc1. The van der Waals surface area contributed by atoms with E-state index in [1.165, 1.54) is 9.79 Å². The van der Waals surface area contributed by atoms with Crippen LogP contribution in [0.4, 0.5) is 0 Å². The first-order valence-corrected chi connectivity index (χ1v) is 7.78. The Labute approximate surface area is 135 Å². The van der Waals surface area contributed by atoms with Crippen molar-refractivity contribution in [3.8, 4) is 0 Å². The Balaban J connectivity index is 1.73. The molecule has 4 heteroatoms. The molecule has 0 amide bonds. The van der Waals surface area contributed by atoms with Gasteiger partial charge in [-0.05, 0) is 29.8 Å². The fourth-order valence-corrected chi connectivity index (χ4v) is 2.57. The molecule has 0 aliphatic rings. The van der Waals surface area contributed by atoms with Crippen LogP contribution in [0, 0.1) is 0 Å². The quantitative estimate of drug-likeness (QED) is 0.418. The average molecular weight is 314 g/mol. The minimum atomic E-state index is -0.425. The zero-order valence-corrected chi connectivity index (χ0v) is 13.1. The van der Waals surface area contributed by atoms with Gasteiger partial charge in [-0.25, -0.2) is 4.79 Å². The van der Waals surface area contributed by atoms with Gasteiger partial charge in [0.2, 0.25) is 0 Å². The molecule has 0 unspecified atom stereocenters. The molecule has 0 saturated heterocycles. The van der Waals surface area contributed by atoms with Crippen molar-refractivity contribution in [1.82, 2.24) is 0 Å². The van der Waals surface area contributed by atoms with Crippen LogP contribution in [0.15, 0.2) is 77.0 Å². The maximum atomic E-state index is 10.8. The van der Waals surface area contributed by atoms with Gasteiger partial charge in [-0.2, -0.15) is 0 Å². The van der Waals surface area contributed by atoms with Crippen LogP contribution in [0.2, 0.25) is 0 Å². The second-order valence-corrected chi connectivity index (χ2v) is 5.63. The van der Waals surface area contributed by atoms with E-state index in [4.69, 9.17) is 9.47 Å². The number of esters is 1. The maximum Gasteiger partial charge on any atom is 0.330 e. The molecule has 3 nitrogen and oxygen atoms in total. The minimum absolute atomic E-state index is 0.243. The number of rotatable bonds is 8. The van der Waals surface area contributed by atoms with Gasteiger partial charge >= 0.3 is 5.97 Å². The predicted octanol–water partition coefficient (Wildman–Crippen LogP) is 4.08. The molecule has 114 valence electrons. The monoisotopic (exact) mass is 314 g/mol. The third-order valence-electron chi connectivity index (χ3n) is 2.81. The molecule has 0 radical (unpaired) electrons. The molecule has 0 fully saturated rings. The van der Waals surface area contributed by atoms with Crippen LogP contribution in [0.5, 0.6) is 0 Å². The number of carbonyl (C=O) groups is 1. The molecule has 0 bridgehead atoms. The number of carbonyl (C=O) groups excluding carboxylic acids is 1. The molecular weight excluding hydrogens is 296 g/mol. The first-order valence-electron chi connectivity index (χ1n) is 6.97. The highest BCUT2D eigenvalue weighted by Gasteiger charge is 1.99. The van der Waals surface area contributed by atoms with Crippen molar-refractivity contribution in [2.24, 2.45) is 0 Å². The summed E-state index contributed by atoms with van der Waals surface area (Å²) in [4.78, 5) is 13.2. The molecule has 2 aromatic rings. The smallest absolute Gasteiger partial charge is 0.330 e. The Morgan fingerprint density at radius 2 is 1.68 bits per heavy atom. The number of ether oxygens (including phenoxy) is 2. The summed E-state index contributed by atoms with van der Waals surface area (Å²) < 4.78 is 10.3. The van der Waals surface area contributed by atoms with E-state index >= 15 is 0 Å². The molecule has 0 N–H and O–H groups in total. The van der Waals surface area contributed by atoms with Crippen LogP contribution in [0.1, 0.15) is 5.56 Å². The first kappa shape index (κ1) is 16.3. The second kappa shape index (κ2) is 9.07. The van der Waals surface area contributed by atoms with Gasteiger partial charge in [0, 0.05) is 15.9 Å². The van der Waals surface area contributed by atoms with E-state index in [9.17, 15) is 4.79 Å². The molecule has 22 heavy (non-hydrogen) atoms. The van der Waals surface area contributed by atoms with Crippen molar-refractivity contribution in [3.05, 3.63) is 72.8 Å². The van der Waals surface area contributed by atoms with Gasteiger partial charge in [-0.3, -0.25) is 0 Å². The van der Waals surface area contributed by atoms with E-state index in [0.717, 1.165) is 11.6 Å². The standard InChI is InChI=1S/C18H18O3S/c1-2-18(19)21-13-12-20-14-15-8-10-17(11-9-15)22-16-6-4-3-5-7-16/h2-11H,1,12-14H2. The normalized spacial score (nSPS) is 10.2. The Morgan fingerprint density at radius 3 is 2.36 bits per heavy atom. The summed E-state index contributed by atoms with van der Waals surface area (Å²) in [7, 11) is 0. The van der Waals surface area contributed by atoms with E-state index in [1.54, 1.807) is 11.8 Å². The van der Waals surface area contributed by atoms with Crippen molar-refractivity contribution in [2.75, 3.05) is 13.2 Å². The number of benzene rings is 2. The summed E-state index contributed by atoms with van der Waals surface area (Å²) in [5.41, 5.74) is 1.09. The maximum absolute atomic E-state index is 10.8. The van der Waals surface area contributed by atoms with E-state index in [1.807, 2.05) is 30.3 Å². The Kier molecular flexibility index (Phi) is 6.74. The summed E-state index contributed by atoms with van der Waals surface area (Å²) in [5, 5.41) is 0. The minimum Gasteiger partial charge on any atom is -0.460 e. The van der Waals surface area contributed by atoms with Gasteiger partial charge < -0.3 is 9.47 Å². The molecule has 0 spiro atoms. The number of hydrogen-bond acceptors (Lipinski definition) is 4. The predicted molar refractivity (Wildman–Crippen MR) is 87.8 cm³/mol. The van der Waals surface area contributed by atoms with Crippen molar-refractivity contribution in [3.63, 3.8) is 0 Å². The van der Waals surface area contributed by atoms with Gasteiger partial charge in [0.05, 0.1) is 13.2 Å². The zero-order valence-electron chi connectivity index (χ0n) is 12.2. The third-order valence-corrected chi connectivity index (χ3v) is 3.83. The fourth-order valence-electron chi connectivity index (χ4n) is 1.73. The van der Waals surface area contributed by atoms with Gasteiger partial charge in [0.25, 0.3) is 0 Å². The van der Waals surface area contributed by atoms with Crippen molar-refractivity contribution >= 4 is 17.7 Å². The van der Waals surface area contributed by atoms with Gasteiger partial charge in [0.15, 0.2) is 0 Å². The molecular formula is C18H18O3S. The van der Waals surface area contributed by atoms with Crippen molar-refractivity contribution < 1.29 is 14.3 Å². The van der Waals surface area contributed by atoms with Crippen molar-refractivity contribution in [1.29, 1.82) is 0 Å². The van der Waals surface area contributed by atoms with E-state index in [2.05, 4.69) is 30.8 Å². The summed E-state index contributed by atoms with van der Waals surface area (Å²) in [6.07, 6.45) is 1.14. The second-order valence-electron chi connectivity index (χ2n) is 4.48. The van der Waals surface area contributed by atoms with Gasteiger partial charge in [-0.15, -0.1) is 0 Å². The average Bonchev–Trinajstić information content (AvgIpc) is 2.57. The molecule has 2 rings (SSSR count). The third kappa shape index (κ3) is 5.76. The molecule has 0 heterocycles. The summed E-state index contributed by atoms with van der Waals surface area (Å²) in [6, 6.07) is 18.5. The highest BCUT2D eigenvalue weighted by Crippen LogP contribution is 2.27. The Hall–Kier alpha value is -2.04. The first-order chi connectivity index (χ1) is 10.8. The van der Waals surface area contributed by atoms with Gasteiger partial charge in [-0.1, -0.05) is 48.7 Å². The van der Waals surface area contributed by atoms with E-state index in [-0.39, 0.29) is 6.61 Å². The zero-order chi connectivity index (χ0) is 15.6. The summed E-state index contributed by atoms with van der Waals surface area (Å²) >= 11 is 1.73. The lowest BCUT2D eigenvalue weighted by Crippen LogP contribution is -2.08. The lowest BCUT2D eigenvalue weighted by molar-refractivity contribution is -0.139. The molecule has 2 aromatic carbocycles. The number of hydrogen-bond donors (Lipinski definition) is 0. The van der Waals surface area contributed by atoms with Crippen LogP contribution in [-0.2, 0) is 20.9 Å². The molecule has 0 aliphatic carbocycles. The lowest BCUT2D eigenvalue weighted by atomic mass is 10.2. The molecule has 0 saturated carbocycles. The highest BCUT2D eigenvalue weighted by molar-refractivity contribution is 7.99. The van der Waals surface area contributed by atoms with Crippen LogP contribution in [-0.4, -0.2) is 19.2 Å². The molecule has 0 aromatic heterocycles. The van der Waals surface area contributed by atoms with Crippen LogP contribution in [0.3, 0.4) is 0 Å². The van der Waals surface area contributed by atoms with Crippen LogP contribution >= 0.6 is 11.8 Å². The van der Waals surface area contributed by atoms with E-state index in [0.29, 0.717) is 13.2 Å². The summed E-state index contributed by atoms with van der Waals surface area (Å²) in [6.45, 7) is 4.45. The van der Waals surface area contributed by atoms with Gasteiger partial charge in [0.1, 0.15) is 6.61 Å². The van der Waals surface area contributed by atoms with Crippen molar-refractivity contribution in [2.45, 2.75) is 16.4 Å². The largest absolute Gasteiger partial charge is 0.460 e. The molecule has 0 aliphatic heterocycles. The fraction of sp³-hybridized carbons (Fsp3) is 0.167. The van der Waals surface area contributed by atoms with Crippen LogP contribution < -0.4 is 0 Å². The lowest BCUT2D eigenvalue weighted by Gasteiger charge is -2.06. The van der Waals surface area contributed by atoms with E-state index < -0.39 is 5.97 Å². The molecule has 0 atom stereocenters. The highest BCUT2D eigenvalue weighted by atomic mass is 32.2.